The molecule has 0 aliphatic carbocycles. The second kappa shape index (κ2) is 13.1. The number of rotatable bonds is 10. The molecule has 0 bridgehead atoms. The predicted octanol–water partition coefficient (Wildman–Crippen LogP) is 6.39. The quantitative estimate of drug-likeness (QED) is 0.197. The monoisotopic (exact) mass is 666 g/mol. The number of hydrogen-bond acceptors (Lipinski definition) is 6. The van der Waals surface area contributed by atoms with E-state index in [4.69, 9.17) is 9.47 Å². The van der Waals surface area contributed by atoms with E-state index in [2.05, 4.69) is 5.32 Å². The predicted molar refractivity (Wildman–Crippen MR) is 170 cm³/mol. The Hall–Kier alpha value is -4.84. The fraction of sp³-hybridized carbons (Fsp3) is 0.257. The van der Waals surface area contributed by atoms with Gasteiger partial charge in [-0.25, -0.2) is 8.42 Å². The molecule has 0 saturated heterocycles. The number of para-hydroxylation sites is 1. The summed E-state index contributed by atoms with van der Waals surface area (Å²) in [6.45, 7) is 3.63. The van der Waals surface area contributed by atoms with Crippen LogP contribution in [-0.4, -0.2) is 40.1 Å². The van der Waals surface area contributed by atoms with Crippen LogP contribution in [0.3, 0.4) is 0 Å². The molecule has 4 aromatic carbocycles. The van der Waals surface area contributed by atoms with E-state index in [9.17, 15) is 31.2 Å². The normalized spacial score (nSPS) is 14.8. The van der Waals surface area contributed by atoms with Gasteiger partial charge < -0.3 is 14.8 Å². The highest BCUT2D eigenvalue weighted by atomic mass is 32.2. The molecule has 1 aliphatic heterocycles. The van der Waals surface area contributed by atoms with Crippen molar-refractivity contribution >= 4 is 27.6 Å². The van der Waals surface area contributed by atoms with Crippen molar-refractivity contribution in [1.29, 1.82) is 0 Å². The number of nitrogens with zero attached hydrogens (tertiary/aromatic N) is 1. The number of ether oxygens (including phenoxy) is 2. The van der Waals surface area contributed by atoms with Crippen LogP contribution in [0.5, 0.6) is 5.75 Å². The van der Waals surface area contributed by atoms with Crippen LogP contribution in [0.2, 0.25) is 0 Å². The summed E-state index contributed by atoms with van der Waals surface area (Å²) in [5.41, 5.74) is 0.225. The first-order chi connectivity index (χ1) is 22.2. The Morgan fingerprint density at radius 3 is 2.19 bits per heavy atom. The highest BCUT2D eigenvalue weighted by molar-refractivity contribution is 7.93. The lowest BCUT2D eigenvalue weighted by Gasteiger charge is -2.26. The Kier molecular flexibility index (Phi) is 9.35. The molecule has 0 spiro atoms. The fourth-order valence-corrected chi connectivity index (χ4v) is 7.01. The van der Waals surface area contributed by atoms with Gasteiger partial charge in [-0.05, 0) is 72.5 Å². The van der Waals surface area contributed by atoms with Gasteiger partial charge in [0.2, 0.25) is 5.91 Å². The number of hydrogen-bond donors (Lipinski definition) is 1. The standard InChI is InChI=1S/C35H33F3N2O6S/c1-34(2,33(42)45-3)22-46-26-16-12-23(13-17-26)21-39-32(41)31-20-25-8-4-7-11-30(25)40(31)47(43,44)27-18-14-24(15-19-27)28-9-5-6-10-29(28)35(36,37)38/h4-19,31H,20-22H2,1-3H3,(H,39,41)/t31-/m0/s1. The average Bonchev–Trinajstić information content (AvgIpc) is 3.47. The van der Waals surface area contributed by atoms with Gasteiger partial charge in [0, 0.05) is 13.0 Å². The van der Waals surface area contributed by atoms with Crippen LogP contribution < -0.4 is 14.4 Å². The van der Waals surface area contributed by atoms with Crippen molar-refractivity contribution < 1.29 is 40.7 Å². The third-order valence-corrected chi connectivity index (χ3v) is 9.75. The summed E-state index contributed by atoms with van der Waals surface area (Å²) in [6.07, 6.45) is -4.44. The number of fused-ring (bicyclic) bond motifs is 1. The summed E-state index contributed by atoms with van der Waals surface area (Å²) in [6, 6.07) is 22.9. The Labute approximate surface area is 271 Å². The summed E-state index contributed by atoms with van der Waals surface area (Å²) in [5, 5.41) is 2.82. The zero-order chi connectivity index (χ0) is 34.0. The number of alkyl halides is 3. The number of nitrogens with one attached hydrogen (secondary N) is 1. The van der Waals surface area contributed by atoms with Crippen LogP contribution in [0.1, 0.15) is 30.5 Å². The van der Waals surface area contributed by atoms with Gasteiger partial charge in [0.15, 0.2) is 0 Å². The summed E-state index contributed by atoms with van der Waals surface area (Å²) < 4.78 is 80.4. The smallest absolute Gasteiger partial charge is 0.417 e. The van der Waals surface area contributed by atoms with Crippen LogP contribution >= 0.6 is 0 Å². The Morgan fingerprint density at radius 2 is 1.53 bits per heavy atom. The molecular weight excluding hydrogens is 633 g/mol. The molecule has 0 radical (unpaired) electrons. The van der Waals surface area contributed by atoms with Crippen molar-refractivity contribution in [1.82, 2.24) is 5.32 Å². The van der Waals surface area contributed by atoms with E-state index in [1.807, 2.05) is 0 Å². The van der Waals surface area contributed by atoms with E-state index < -0.39 is 45.1 Å². The van der Waals surface area contributed by atoms with Crippen molar-refractivity contribution in [2.24, 2.45) is 5.41 Å². The minimum Gasteiger partial charge on any atom is -0.492 e. The van der Waals surface area contributed by atoms with Crippen LogP contribution in [0, 0.1) is 5.41 Å². The van der Waals surface area contributed by atoms with E-state index in [-0.39, 0.29) is 35.6 Å². The molecule has 1 amide bonds. The Morgan fingerprint density at radius 1 is 0.894 bits per heavy atom. The molecule has 0 fully saturated rings. The molecule has 4 aromatic rings. The molecule has 1 aliphatic rings. The summed E-state index contributed by atoms with van der Waals surface area (Å²) >= 11 is 0. The topological polar surface area (TPSA) is 102 Å². The lowest BCUT2D eigenvalue weighted by molar-refractivity contribution is -0.152. The minimum atomic E-state index is -4.58. The molecule has 1 N–H and O–H groups in total. The first kappa shape index (κ1) is 33.5. The van der Waals surface area contributed by atoms with Crippen molar-refractivity contribution in [3.63, 3.8) is 0 Å². The summed E-state index contributed by atoms with van der Waals surface area (Å²) in [5.74, 6) is -0.389. The van der Waals surface area contributed by atoms with Crippen molar-refractivity contribution in [2.75, 3.05) is 18.0 Å². The van der Waals surface area contributed by atoms with Crippen LogP contribution in [0.25, 0.3) is 11.1 Å². The molecule has 5 rings (SSSR count). The third kappa shape index (κ3) is 7.12. The number of carbonyl (C=O) groups is 2. The number of sulfonamides is 1. The molecule has 0 aromatic heterocycles. The molecule has 1 atom stereocenters. The first-order valence-electron chi connectivity index (χ1n) is 14.7. The second-order valence-corrected chi connectivity index (χ2v) is 13.6. The Balaban J connectivity index is 1.32. The number of methoxy groups -OCH3 is 1. The van der Waals surface area contributed by atoms with Crippen LogP contribution in [-0.2, 0) is 43.5 Å². The van der Waals surface area contributed by atoms with Crippen LogP contribution in [0.4, 0.5) is 18.9 Å². The molecule has 12 heteroatoms. The van der Waals surface area contributed by atoms with Crippen molar-refractivity contribution in [2.45, 2.75) is 43.9 Å². The van der Waals surface area contributed by atoms with Gasteiger partial charge in [-0.15, -0.1) is 0 Å². The third-order valence-electron chi connectivity index (χ3n) is 7.91. The van der Waals surface area contributed by atoms with Gasteiger partial charge in [-0.1, -0.05) is 60.7 Å². The zero-order valence-corrected chi connectivity index (χ0v) is 26.7. The SMILES string of the molecule is COC(=O)C(C)(C)COc1ccc(CNC(=O)[C@@H]2Cc3ccccc3N2S(=O)(=O)c2ccc(-c3ccccc3C(F)(F)F)cc2)cc1. The lowest BCUT2D eigenvalue weighted by atomic mass is 9.95. The van der Waals surface area contributed by atoms with Gasteiger partial charge in [0.05, 0.1) is 28.7 Å². The highest BCUT2D eigenvalue weighted by Crippen LogP contribution is 2.39. The maximum absolute atomic E-state index is 14.0. The van der Waals surface area contributed by atoms with E-state index in [0.717, 1.165) is 15.9 Å². The average molecular weight is 667 g/mol. The lowest BCUT2D eigenvalue weighted by Crippen LogP contribution is -2.47. The largest absolute Gasteiger partial charge is 0.492 e. The molecule has 0 unspecified atom stereocenters. The van der Waals surface area contributed by atoms with Gasteiger partial charge >= 0.3 is 12.1 Å². The van der Waals surface area contributed by atoms with E-state index in [1.54, 1.807) is 62.4 Å². The molecule has 0 saturated carbocycles. The first-order valence-corrected chi connectivity index (χ1v) is 16.1. The molecule has 47 heavy (non-hydrogen) atoms. The maximum Gasteiger partial charge on any atom is 0.417 e. The van der Waals surface area contributed by atoms with Crippen LogP contribution in [0.15, 0.2) is 102 Å². The summed E-state index contributed by atoms with van der Waals surface area (Å²) in [4.78, 5) is 25.3. The number of benzene rings is 4. The highest BCUT2D eigenvalue weighted by Gasteiger charge is 2.42. The van der Waals surface area contributed by atoms with E-state index in [0.29, 0.717) is 17.0 Å². The molecule has 8 nitrogen and oxygen atoms in total. The number of amides is 1. The number of halogens is 3. The van der Waals surface area contributed by atoms with Gasteiger partial charge in [0.25, 0.3) is 10.0 Å². The van der Waals surface area contributed by atoms with Crippen molar-refractivity contribution in [3.05, 3.63) is 114 Å². The number of anilines is 1. The van der Waals surface area contributed by atoms with Crippen molar-refractivity contribution in [3.8, 4) is 16.9 Å². The minimum absolute atomic E-state index is 0.0719. The van der Waals surface area contributed by atoms with Gasteiger partial charge in [0.1, 0.15) is 18.4 Å². The van der Waals surface area contributed by atoms with Gasteiger partial charge in [-0.3, -0.25) is 13.9 Å². The second-order valence-electron chi connectivity index (χ2n) is 11.7. The zero-order valence-electron chi connectivity index (χ0n) is 25.9. The number of esters is 1. The summed E-state index contributed by atoms with van der Waals surface area (Å²) in [7, 11) is -2.98. The van der Waals surface area contributed by atoms with E-state index >= 15 is 0 Å². The van der Waals surface area contributed by atoms with E-state index in [1.165, 1.54) is 49.6 Å². The fourth-order valence-electron chi connectivity index (χ4n) is 5.37. The molecule has 1 heterocycles. The Bertz CT molecular complexity index is 1870. The molecular formula is C35H33F3N2O6S. The van der Waals surface area contributed by atoms with Gasteiger partial charge in [-0.2, -0.15) is 13.2 Å². The molecule has 246 valence electrons. The maximum atomic E-state index is 14.0. The number of carbonyl (C=O) groups excluding carboxylic acids is 2.